The van der Waals surface area contributed by atoms with Crippen LogP contribution in [0.15, 0.2) is 32.8 Å². The fourth-order valence-electron chi connectivity index (χ4n) is 3.38. The van der Waals surface area contributed by atoms with Gasteiger partial charge in [0.05, 0.1) is 29.5 Å². The molecule has 0 saturated heterocycles. The molecule has 3 heterocycles. The molecular weight excluding hydrogens is 366 g/mol. The number of thioether (sulfide) groups is 1. The zero-order valence-corrected chi connectivity index (χ0v) is 16.3. The molecule has 0 spiro atoms. The number of rotatable bonds is 4. The molecule has 1 aliphatic carbocycles. The summed E-state index contributed by atoms with van der Waals surface area (Å²) in [6.45, 7) is 4.40. The highest BCUT2D eigenvalue weighted by Crippen LogP contribution is 2.37. The normalized spacial score (nSPS) is 17.8. The second-order valence-electron chi connectivity index (χ2n) is 6.79. The first-order chi connectivity index (χ1) is 12.6. The Labute approximate surface area is 159 Å². The average Bonchev–Trinajstić information content (AvgIpc) is 3.24. The van der Waals surface area contributed by atoms with Crippen molar-refractivity contribution in [2.75, 3.05) is 0 Å². The highest BCUT2D eigenvalue weighted by Gasteiger charge is 2.25. The van der Waals surface area contributed by atoms with Crippen molar-refractivity contribution in [2.24, 2.45) is 5.92 Å². The molecule has 7 heteroatoms. The van der Waals surface area contributed by atoms with Gasteiger partial charge in [0.15, 0.2) is 5.16 Å². The Morgan fingerprint density at radius 3 is 3.15 bits per heavy atom. The summed E-state index contributed by atoms with van der Waals surface area (Å²) in [5, 5.41) is 10.2. The molecule has 3 aromatic rings. The fourth-order valence-corrected chi connectivity index (χ4v) is 5.60. The molecule has 2 atom stereocenters. The van der Waals surface area contributed by atoms with E-state index in [1.165, 1.54) is 22.2 Å². The van der Waals surface area contributed by atoms with Gasteiger partial charge in [-0.3, -0.25) is 9.36 Å². The van der Waals surface area contributed by atoms with Gasteiger partial charge in [0.1, 0.15) is 10.6 Å². The summed E-state index contributed by atoms with van der Waals surface area (Å²) in [7, 11) is 0. The molecule has 0 amide bonds. The number of fused-ring (bicyclic) bond motifs is 3. The van der Waals surface area contributed by atoms with E-state index in [0.717, 1.165) is 29.5 Å². The van der Waals surface area contributed by atoms with E-state index in [9.17, 15) is 10.1 Å². The number of thiophene rings is 1. The van der Waals surface area contributed by atoms with Gasteiger partial charge in [0, 0.05) is 4.88 Å². The summed E-state index contributed by atoms with van der Waals surface area (Å²) in [6, 6.07) is 5.87. The van der Waals surface area contributed by atoms with Crippen LogP contribution in [0.25, 0.3) is 10.2 Å². The first-order valence-electron chi connectivity index (χ1n) is 8.70. The number of aromatic nitrogens is 2. The zero-order chi connectivity index (χ0) is 18.3. The van der Waals surface area contributed by atoms with Crippen LogP contribution in [0.5, 0.6) is 0 Å². The first-order valence-corrected chi connectivity index (χ1v) is 10.4. The Morgan fingerprint density at radius 1 is 1.58 bits per heavy atom. The van der Waals surface area contributed by atoms with Crippen molar-refractivity contribution < 1.29 is 4.42 Å². The van der Waals surface area contributed by atoms with Crippen molar-refractivity contribution in [1.82, 2.24) is 9.55 Å². The summed E-state index contributed by atoms with van der Waals surface area (Å²) >= 11 is 2.96. The minimum absolute atomic E-state index is 0.0221. The third-order valence-electron chi connectivity index (χ3n) is 4.74. The first kappa shape index (κ1) is 17.4. The maximum absolute atomic E-state index is 13.4. The van der Waals surface area contributed by atoms with Crippen molar-refractivity contribution in [2.45, 2.75) is 50.1 Å². The second kappa shape index (κ2) is 6.93. The molecule has 0 aliphatic heterocycles. The SMILES string of the molecule is C[C@H]1CCc2c(sc3nc(S[C@H](C)C#N)n(Cc4ccco4)c(=O)c23)C1. The summed E-state index contributed by atoms with van der Waals surface area (Å²) < 4.78 is 7.10. The molecule has 26 heavy (non-hydrogen) atoms. The number of nitrogens with zero attached hydrogens (tertiary/aromatic N) is 3. The van der Waals surface area contributed by atoms with Crippen molar-refractivity contribution in [3.8, 4) is 6.07 Å². The van der Waals surface area contributed by atoms with Crippen LogP contribution in [-0.2, 0) is 19.4 Å². The summed E-state index contributed by atoms with van der Waals surface area (Å²) in [4.78, 5) is 20.2. The minimum Gasteiger partial charge on any atom is -0.467 e. The van der Waals surface area contributed by atoms with E-state index >= 15 is 0 Å². The van der Waals surface area contributed by atoms with Gasteiger partial charge >= 0.3 is 0 Å². The Hall–Kier alpha value is -2.04. The molecule has 0 radical (unpaired) electrons. The molecule has 0 unspecified atom stereocenters. The molecule has 3 aromatic heterocycles. The molecule has 0 fully saturated rings. The number of aryl methyl sites for hydroxylation is 1. The van der Waals surface area contributed by atoms with Gasteiger partial charge < -0.3 is 4.42 Å². The molecule has 0 saturated carbocycles. The van der Waals surface area contributed by atoms with E-state index in [1.54, 1.807) is 22.2 Å². The van der Waals surface area contributed by atoms with Crippen molar-refractivity contribution in [3.05, 3.63) is 45.0 Å². The van der Waals surface area contributed by atoms with Gasteiger partial charge in [-0.25, -0.2) is 4.98 Å². The topological polar surface area (TPSA) is 71.8 Å². The van der Waals surface area contributed by atoms with Crippen molar-refractivity contribution in [1.29, 1.82) is 5.26 Å². The van der Waals surface area contributed by atoms with E-state index < -0.39 is 0 Å². The lowest BCUT2D eigenvalue weighted by atomic mass is 9.89. The summed E-state index contributed by atoms with van der Waals surface area (Å²) in [5.74, 6) is 1.35. The molecule has 0 bridgehead atoms. The highest BCUT2D eigenvalue weighted by atomic mass is 32.2. The van der Waals surface area contributed by atoms with Gasteiger partial charge in [-0.2, -0.15) is 5.26 Å². The molecule has 0 aromatic carbocycles. The van der Waals surface area contributed by atoms with E-state index in [1.807, 2.05) is 19.1 Å². The third-order valence-corrected chi connectivity index (χ3v) is 6.87. The van der Waals surface area contributed by atoms with Crippen LogP contribution >= 0.6 is 23.1 Å². The Bertz CT molecular complexity index is 1040. The predicted octanol–water partition coefficient (Wildman–Crippen LogP) is 4.23. The van der Waals surface area contributed by atoms with Gasteiger partial charge in [-0.15, -0.1) is 11.3 Å². The molecule has 1 aliphatic rings. The zero-order valence-electron chi connectivity index (χ0n) is 14.7. The van der Waals surface area contributed by atoms with Crippen LogP contribution in [0.1, 0.15) is 36.5 Å². The fraction of sp³-hybridized carbons (Fsp3) is 0.421. The van der Waals surface area contributed by atoms with Crippen molar-refractivity contribution >= 4 is 33.3 Å². The van der Waals surface area contributed by atoms with Crippen LogP contribution in [-0.4, -0.2) is 14.8 Å². The predicted molar refractivity (Wildman–Crippen MR) is 104 cm³/mol. The Morgan fingerprint density at radius 2 is 2.42 bits per heavy atom. The Balaban J connectivity index is 1.90. The van der Waals surface area contributed by atoms with E-state index in [2.05, 4.69) is 13.0 Å². The lowest BCUT2D eigenvalue weighted by Gasteiger charge is -2.17. The maximum Gasteiger partial charge on any atom is 0.263 e. The summed E-state index contributed by atoms with van der Waals surface area (Å²) in [5.41, 5.74) is 1.16. The number of furan rings is 1. The standard InChI is InChI=1S/C19H19N3O2S2/c1-11-5-6-14-15(8-11)26-17-16(14)18(23)22(10-13-4-3-7-24-13)19(21-17)25-12(2)9-20/h3-4,7,11-12H,5-6,8,10H2,1-2H3/t11-,12+/m0/s1. The lowest BCUT2D eigenvalue weighted by molar-refractivity contribution is 0.476. The number of hydrogen-bond donors (Lipinski definition) is 0. The smallest absolute Gasteiger partial charge is 0.263 e. The molecule has 4 rings (SSSR count). The monoisotopic (exact) mass is 385 g/mol. The van der Waals surface area contributed by atoms with E-state index in [-0.39, 0.29) is 10.8 Å². The molecular formula is C19H19N3O2S2. The minimum atomic E-state index is -0.281. The molecule has 134 valence electrons. The largest absolute Gasteiger partial charge is 0.467 e. The molecule has 0 N–H and O–H groups in total. The van der Waals surface area contributed by atoms with E-state index in [4.69, 9.17) is 9.40 Å². The van der Waals surface area contributed by atoms with Gasteiger partial charge in [0.2, 0.25) is 0 Å². The quantitative estimate of drug-likeness (QED) is 0.496. The van der Waals surface area contributed by atoms with Gasteiger partial charge in [0.25, 0.3) is 5.56 Å². The molecule has 5 nitrogen and oxygen atoms in total. The summed E-state index contributed by atoms with van der Waals surface area (Å²) in [6.07, 6.45) is 4.67. The van der Waals surface area contributed by atoms with Gasteiger partial charge in [-0.05, 0) is 49.8 Å². The van der Waals surface area contributed by atoms with Crippen LogP contribution in [0, 0.1) is 17.2 Å². The Kier molecular flexibility index (Phi) is 4.63. The highest BCUT2D eigenvalue weighted by molar-refractivity contribution is 8.00. The van der Waals surface area contributed by atoms with Crippen molar-refractivity contribution in [3.63, 3.8) is 0 Å². The van der Waals surface area contributed by atoms with Gasteiger partial charge in [-0.1, -0.05) is 18.7 Å². The van der Waals surface area contributed by atoms with E-state index in [0.29, 0.717) is 23.4 Å². The van der Waals surface area contributed by atoms with Crippen LogP contribution in [0.3, 0.4) is 0 Å². The number of hydrogen-bond acceptors (Lipinski definition) is 6. The maximum atomic E-state index is 13.4. The average molecular weight is 386 g/mol. The number of nitriles is 1. The third kappa shape index (κ3) is 3.08. The second-order valence-corrected chi connectivity index (χ2v) is 9.18. The lowest BCUT2D eigenvalue weighted by Crippen LogP contribution is -2.25. The van der Waals surface area contributed by atoms with Crippen LogP contribution in [0.2, 0.25) is 0 Å². The van der Waals surface area contributed by atoms with Crippen LogP contribution < -0.4 is 5.56 Å². The van der Waals surface area contributed by atoms with Crippen LogP contribution in [0.4, 0.5) is 0 Å².